The lowest BCUT2D eigenvalue weighted by Gasteiger charge is -2.28. The minimum Gasteiger partial charge on any atom is -0.478 e. The van der Waals surface area contributed by atoms with Gasteiger partial charge in [-0.2, -0.15) is 0 Å². The molecule has 5 heteroatoms. The van der Waals surface area contributed by atoms with E-state index < -0.39 is 5.97 Å². The summed E-state index contributed by atoms with van der Waals surface area (Å²) in [6, 6.07) is 5.46. The van der Waals surface area contributed by atoms with Crippen LogP contribution in [0, 0.1) is 0 Å². The van der Waals surface area contributed by atoms with Crippen molar-refractivity contribution in [2.24, 2.45) is 7.05 Å². The molecule has 1 aromatic heterocycles. The standard InChI is InChI=1S/C16H19N3O2/c1-18-9-6-17-15(18)5-8-19-7-4-12-2-3-13(16(20)21)10-14(12)11-19/h2-3,6,9-10H,4-5,7-8,11H2,1H3,(H,20,21). The van der Waals surface area contributed by atoms with Crippen molar-refractivity contribution in [1.82, 2.24) is 14.5 Å². The molecule has 0 unspecified atom stereocenters. The third-order valence-electron chi connectivity index (χ3n) is 4.12. The second kappa shape index (κ2) is 5.69. The van der Waals surface area contributed by atoms with E-state index in [0.717, 1.165) is 43.9 Å². The number of carbonyl (C=O) groups is 1. The predicted octanol–water partition coefficient (Wildman–Crippen LogP) is 1.72. The number of aromatic carboxylic acids is 1. The Bertz CT molecular complexity index is 663. The van der Waals surface area contributed by atoms with Gasteiger partial charge in [0.25, 0.3) is 0 Å². The Hall–Kier alpha value is -2.14. The van der Waals surface area contributed by atoms with Crippen molar-refractivity contribution < 1.29 is 9.90 Å². The van der Waals surface area contributed by atoms with Crippen molar-refractivity contribution in [3.05, 3.63) is 53.1 Å². The van der Waals surface area contributed by atoms with Crippen molar-refractivity contribution in [1.29, 1.82) is 0 Å². The summed E-state index contributed by atoms with van der Waals surface area (Å²) in [5.41, 5.74) is 2.79. The molecule has 3 rings (SSSR count). The van der Waals surface area contributed by atoms with Gasteiger partial charge < -0.3 is 9.67 Å². The highest BCUT2D eigenvalue weighted by molar-refractivity contribution is 5.87. The molecular formula is C16H19N3O2. The fourth-order valence-electron chi connectivity index (χ4n) is 2.83. The maximum absolute atomic E-state index is 11.1. The van der Waals surface area contributed by atoms with Crippen LogP contribution in [0.15, 0.2) is 30.6 Å². The van der Waals surface area contributed by atoms with E-state index in [4.69, 9.17) is 5.11 Å². The van der Waals surface area contributed by atoms with Gasteiger partial charge in [0, 0.05) is 45.5 Å². The Kier molecular flexibility index (Phi) is 3.75. The summed E-state index contributed by atoms with van der Waals surface area (Å²) in [5.74, 6) is 0.225. The van der Waals surface area contributed by atoms with E-state index in [9.17, 15) is 4.79 Å². The first kappa shape index (κ1) is 13.8. The van der Waals surface area contributed by atoms with Gasteiger partial charge in [-0.05, 0) is 29.7 Å². The van der Waals surface area contributed by atoms with Crippen molar-refractivity contribution in [3.63, 3.8) is 0 Å². The number of hydrogen-bond acceptors (Lipinski definition) is 3. The van der Waals surface area contributed by atoms with Crippen molar-refractivity contribution in [2.45, 2.75) is 19.4 Å². The SMILES string of the molecule is Cn1ccnc1CCN1CCc2ccc(C(=O)O)cc2C1. The highest BCUT2D eigenvalue weighted by Gasteiger charge is 2.18. The quantitative estimate of drug-likeness (QED) is 0.929. The monoisotopic (exact) mass is 285 g/mol. The molecule has 0 spiro atoms. The second-order valence-corrected chi connectivity index (χ2v) is 5.52. The summed E-state index contributed by atoms with van der Waals surface area (Å²) >= 11 is 0. The van der Waals surface area contributed by atoms with Crippen LogP contribution < -0.4 is 0 Å². The van der Waals surface area contributed by atoms with Crippen molar-refractivity contribution >= 4 is 5.97 Å². The highest BCUT2D eigenvalue weighted by Crippen LogP contribution is 2.20. The Morgan fingerprint density at radius 3 is 2.95 bits per heavy atom. The molecule has 0 bridgehead atoms. The Morgan fingerprint density at radius 2 is 2.24 bits per heavy atom. The molecule has 21 heavy (non-hydrogen) atoms. The maximum Gasteiger partial charge on any atom is 0.335 e. The van der Waals surface area contributed by atoms with Crippen molar-refractivity contribution in [2.75, 3.05) is 13.1 Å². The van der Waals surface area contributed by atoms with Crippen LogP contribution in [0.1, 0.15) is 27.3 Å². The lowest BCUT2D eigenvalue weighted by Crippen LogP contribution is -2.32. The lowest BCUT2D eigenvalue weighted by atomic mass is 9.97. The molecule has 0 atom stereocenters. The molecule has 0 aliphatic carbocycles. The Morgan fingerprint density at radius 1 is 1.38 bits per heavy atom. The number of hydrogen-bond donors (Lipinski definition) is 1. The molecule has 1 aliphatic heterocycles. The van der Waals surface area contributed by atoms with Crippen LogP contribution in [0.3, 0.4) is 0 Å². The van der Waals surface area contributed by atoms with Gasteiger partial charge in [0.2, 0.25) is 0 Å². The van der Waals surface area contributed by atoms with Crippen LogP contribution in [-0.2, 0) is 26.4 Å². The van der Waals surface area contributed by atoms with Gasteiger partial charge >= 0.3 is 5.97 Å². The zero-order valence-electron chi connectivity index (χ0n) is 12.1. The Labute approximate surface area is 123 Å². The van der Waals surface area contributed by atoms with Gasteiger partial charge in [-0.3, -0.25) is 4.90 Å². The first-order valence-corrected chi connectivity index (χ1v) is 7.17. The number of aryl methyl sites for hydroxylation is 1. The largest absolute Gasteiger partial charge is 0.478 e. The van der Waals surface area contributed by atoms with Crippen LogP contribution in [0.25, 0.3) is 0 Å². The molecule has 0 saturated carbocycles. The third kappa shape index (κ3) is 2.97. The Balaban J connectivity index is 1.67. The zero-order valence-corrected chi connectivity index (χ0v) is 12.1. The summed E-state index contributed by atoms with van der Waals surface area (Å²) in [6.45, 7) is 2.78. The van der Waals surface area contributed by atoms with Crippen LogP contribution in [0.2, 0.25) is 0 Å². The number of rotatable bonds is 4. The second-order valence-electron chi connectivity index (χ2n) is 5.52. The van der Waals surface area contributed by atoms with Crippen LogP contribution in [0.5, 0.6) is 0 Å². The topological polar surface area (TPSA) is 58.4 Å². The summed E-state index contributed by atoms with van der Waals surface area (Å²) in [7, 11) is 2.01. The number of carboxylic acids is 1. The molecule has 2 heterocycles. The molecule has 110 valence electrons. The number of benzene rings is 1. The molecule has 2 aromatic rings. The van der Waals surface area contributed by atoms with Gasteiger partial charge in [-0.25, -0.2) is 9.78 Å². The van der Waals surface area contributed by atoms with Crippen LogP contribution >= 0.6 is 0 Å². The average Bonchev–Trinajstić information content (AvgIpc) is 2.89. The molecule has 0 fully saturated rings. The normalized spacial score (nSPS) is 14.9. The molecule has 0 radical (unpaired) electrons. The molecule has 1 aliphatic rings. The van der Waals surface area contributed by atoms with E-state index in [0.29, 0.717) is 5.56 Å². The minimum absolute atomic E-state index is 0.375. The number of fused-ring (bicyclic) bond motifs is 1. The number of aromatic nitrogens is 2. The summed E-state index contributed by atoms with van der Waals surface area (Å²) < 4.78 is 2.04. The number of imidazole rings is 1. The maximum atomic E-state index is 11.1. The zero-order chi connectivity index (χ0) is 14.8. The van der Waals surface area contributed by atoms with Gasteiger partial charge in [0.15, 0.2) is 0 Å². The predicted molar refractivity (Wildman–Crippen MR) is 79.3 cm³/mol. The van der Waals surface area contributed by atoms with Gasteiger partial charge in [0.05, 0.1) is 5.56 Å². The number of nitrogens with zero attached hydrogens (tertiary/aromatic N) is 3. The van der Waals surface area contributed by atoms with Gasteiger partial charge in [-0.1, -0.05) is 6.07 Å². The molecule has 0 saturated heterocycles. The summed E-state index contributed by atoms with van der Waals surface area (Å²) in [4.78, 5) is 17.8. The molecule has 1 aromatic carbocycles. The molecule has 0 amide bonds. The third-order valence-corrected chi connectivity index (χ3v) is 4.12. The summed E-state index contributed by atoms with van der Waals surface area (Å²) in [5, 5.41) is 9.09. The minimum atomic E-state index is -0.858. The highest BCUT2D eigenvalue weighted by atomic mass is 16.4. The van der Waals surface area contributed by atoms with Crippen molar-refractivity contribution in [3.8, 4) is 0 Å². The van der Waals surface area contributed by atoms with E-state index in [1.807, 2.05) is 36.1 Å². The van der Waals surface area contributed by atoms with E-state index in [1.54, 1.807) is 6.07 Å². The smallest absolute Gasteiger partial charge is 0.335 e. The lowest BCUT2D eigenvalue weighted by molar-refractivity contribution is 0.0696. The van der Waals surface area contributed by atoms with E-state index in [-0.39, 0.29) is 0 Å². The first-order valence-electron chi connectivity index (χ1n) is 7.17. The van der Waals surface area contributed by atoms with E-state index in [1.165, 1.54) is 5.56 Å². The molecular weight excluding hydrogens is 266 g/mol. The molecule has 1 N–H and O–H groups in total. The average molecular weight is 285 g/mol. The first-order chi connectivity index (χ1) is 10.1. The van der Waals surface area contributed by atoms with E-state index in [2.05, 4.69) is 9.88 Å². The number of carboxylic acid groups (broad SMARTS) is 1. The fraction of sp³-hybridized carbons (Fsp3) is 0.375. The van der Waals surface area contributed by atoms with E-state index >= 15 is 0 Å². The summed E-state index contributed by atoms with van der Waals surface area (Å²) in [6.07, 6.45) is 5.67. The van der Waals surface area contributed by atoms with Gasteiger partial charge in [0.1, 0.15) is 5.82 Å². The fourth-order valence-corrected chi connectivity index (χ4v) is 2.83. The van der Waals surface area contributed by atoms with Gasteiger partial charge in [-0.15, -0.1) is 0 Å². The van der Waals surface area contributed by atoms with Crippen LogP contribution in [0.4, 0.5) is 0 Å². The van der Waals surface area contributed by atoms with Crippen LogP contribution in [-0.4, -0.2) is 38.6 Å². The molecule has 5 nitrogen and oxygen atoms in total.